The number of non-ortho nitro benzene ring substituents is 1. The molecule has 1 N–H and O–H groups in total. The number of urea groups is 1. The number of rotatable bonds is 4. The van der Waals surface area contributed by atoms with Crippen molar-refractivity contribution in [3.05, 3.63) is 69.8 Å². The second-order valence-electron chi connectivity index (χ2n) is 6.60. The van der Waals surface area contributed by atoms with Crippen molar-refractivity contribution in [2.24, 2.45) is 0 Å². The summed E-state index contributed by atoms with van der Waals surface area (Å²) in [5.41, 5.74) is 1.13. The van der Waals surface area contributed by atoms with E-state index in [0.717, 1.165) is 19.0 Å². The summed E-state index contributed by atoms with van der Waals surface area (Å²) in [4.78, 5) is 26.4. The topological polar surface area (TPSA) is 78.7 Å². The lowest BCUT2D eigenvalue weighted by Gasteiger charge is -2.22. The van der Waals surface area contributed by atoms with Crippen molar-refractivity contribution in [3.63, 3.8) is 0 Å². The van der Waals surface area contributed by atoms with Gasteiger partial charge in [0.2, 0.25) is 0 Å². The van der Waals surface area contributed by atoms with Crippen LogP contribution in [-0.4, -0.2) is 46.9 Å². The summed E-state index contributed by atoms with van der Waals surface area (Å²) in [5, 5.41) is 13.4. The Kier molecular flexibility index (Phi) is 6.15. The monoisotopic (exact) mass is 390 g/mol. The zero-order valence-electron chi connectivity index (χ0n) is 15.1. The molecule has 1 aliphatic heterocycles. The molecule has 0 bridgehead atoms. The molecule has 7 nitrogen and oxygen atoms in total. The SMILES string of the molecule is O=C(Nc1ccc([N+](=O)[O-])cc1)N1CCCN(Cc2ccc(F)c(F)c2)CC1. The summed E-state index contributed by atoms with van der Waals surface area (Å²) in [6.45, 7) is 2.87. The minimum Gasteiger partial charge on any atom is -0.323 e. The number of hydrogen-bond donors (Lipinski definition) is 1. The Morgan fingerprint density at radius 3 is 2.46 bits per heavy atom. The van der Waals surface area contributed by atoms with Crippen LogP contribution in [0.3, 0.4) is 0 Å². The largest absolute Gasteiger partial charge is 0.323 e. The molecular formula is C19H20F2N4O3. The van der Waals surface area contributed by atoms with Crippen molar-refractivity contribution in [3.8, 4) is 0 Å². The molecule has 0 spiro atoms. The van der Waals surface area contributed by atoms with Crippen molar-refractivity contribution in [2.45, 2.75) is 13.0 Å². The highest BCUT2D eigenvalue weighted by atomic mass is 19.2. The normalized spacial score (nSPS) is 15.1. The zero-order valence-corrected chi connectivity index (χ0v) is 15.1. The lowest BCUT2D eigenvalue weighted by molar-refractivity contribution is -0.384. The van der Waals surface area contributed by atoms with Crippen molar-refractivity contribution in [1.29, 1.82) is 0 Å². The highest BCUT2D eigenvalue weighted by molar-refractivity contribution is 5.89. The van der Waals surface area contributed by atoms with E-state index in [9.17, 15) is 23.7 Å². The van der Waals surface area contributed by atoms with Crippen LogP contribution in [0.5, 0.6) is 0 Å². The number of carbonyl (C=O) groups excluding carboxylic acids is 1. The number of nitro groups is 1. The third kappa shape index (κ3) is 5.01. The lowest BCUT2D eigenvalue weighted by atomic mass is 10.2. The zero-order chi connectivity index (χ0) is 20.1. The molecule has 1 saturated heterocycles. The molecule has 0 aromatic heterocycles. The molecule has 2 amide bonds. The van der Waals surface area contributed by atoms with E-state index in [1.54, 1.807) is 11.0 Å². The Labute approximate surface area is 160 Å². The third-order valence-electron chi connectivity index (χ3n) is 4.60. The van der Waals surface area contributed by atoms with Crippen LogP contribution in [0.25, 0.3) is 0 Å². The number of nitro benzene ring substituents is 1. The van der Waals surface area contributed by atoms with E-state index < -0.39 is 16.6 Å². The number of nitrogens with zero attached hydrogens (tertiary/aromatic N) is 3. The van der Waals surface area contributed by atoms with E-state index in [4.69, 9.17) is 0 Å². The summed E-state index contributed by atoms with van der Waals surface area (Å²) in [5.74, 6) is -1.73. The fourth-order valence-corrected chi connectivity index (χ4v) is 3.10. The Bertz CT molecular complexity index is 861. The van der Waals surface area contributed by atoms with Crippen molar-refractivity contribution in [1.82, 2.24) is 9.80 Å². The van der Waals surface area contributed by atoms with Crippen LogP contribution < -0.4 is 5.32 Å². The van der Waals surface area contributed by atoms with Crippen molar-refractivity contribution in [2.75, 3.05) is 31.5 Å². The van der Waals surface area contributed by atoms with E-state index in [0.29, 0.717) is 37.4 Å². The van der Waals surface area contributed by atoms with Crippen LogP contribution in [-0.2, 0) is 6.54 Å². The first-order valence-electron chi connectivity index (χ1n) is 8.89. The fourth-order valence-electron chi connectivity index (χ4n) is 3.10. The van der Waals surface area contributed by atoms with Gasteiger partial charge in [0, 0.05) is 50.5 Å². The molecule has 2 aromatic rings. The minimum absolute atomic E-state index is 0.0411. The highest BCUT2D eigenvalue weighted by Crippen LogP contribution is 2.17. The van der Waals surface area contributed by atoms with Gasteiger partial charge in [-0.05, 0) is 36.2 Å². The molecule has 0 saturated carbocycles. The molecule has 0 unspecified atom stereocenters. The molecule has 2 aromatic carbocycles. The van der Waals surface area contributed by atoms with Crippen LogP contribution in [0.1, 0.15) is 12.0 Å². The molecular weight excluding hydrogens is 370 g/mol. The van der Waals surface area contributed by atoms with Crippen LogP contribution in [0.2, 0.25) is 0 Å². The maximum atomic E-state index is 13.4. The summed E-state index contributed by atoms with van der Waals surface area (Å²) in [7, 11) is 0. The maximum absolute atomic E-state index is 13.4. The van der Waals surface area contributed by atoms with Gasteiger partial charge in [0.1, 0.15) is 0 Å². The molecule has 148 valence electrons. The van der Waals surface area contributed by atoms with Gasteiger partial charge in [-0.2, -0.15) is 0 Å². The third-order valence-corrected chi connectivity index (χ3v) is 4.60. The molecule has 0 radical (unpaired) electrons. The van der Waals surface area contributed by atoms with Crippen LogP contribution in [0.15, 0.2) is 42.5 Å². The Balaban J connectivity index is 1.54. The van der Waals surface area contributed by atoms with Gasteiger partial charge in [-0.1, -0.05) is 6.07 Å². The van der Waals surface area contributed by atoms with E-state index in [-0.39, 0.29) is 11.7 Å². The van der Waals surface area contributed by atoms with Crippen molar-refractivity contribution >= 4 is 17.4 Å². The van der Waals surface area contributed by atoms with Gasteiger partial charge < -0.3 is 10.2 Å². The molecule has 0 aliphatic carbocycles. The average molecular weight is 390 g/mol. The first-order valence-corrected chi connectivity index (χ1v) is 8.89. The van der Waals surface area contributed by atoms with Gasteiger partial charge in [0.25, 0.3) is 5.69 Å². The average Bonchev–Trinajstić information content (AvgIpc) is 2.91. The number of carbonyl (C=O) groups is 1. The van der Waals surface area contributed by atoms with E-state index >= 15 is 0 Å². The molecule has 1 aliphatic rings. The van der Waals surface area contributed by atoms with Gasteiger partial charge in [-0.3, -0.25) is 15.0 Å². The molecule has 1 fully saturated rings. The van der Waals surface area contributed by atoms with E-state index in [1.807, 2.05) is 0 Å². The molecule has 9 heteroatoms. The van der Waals surface area contributed by atoms with Crippen molar-refractivity contribution < 1.29 is 18.5 Å². The first-order chi connectivity index (χ1) is 13.4. The maximum Gasteiger partial charge on any atom is 0.321 e. The molecule has 28 heavy (non-hydrogen) atoms. The number of hydrogen-bond acceptors (Lipinski definition) is 4. The smallest absolute Gasteiger partial charge is 0.321 e. The Morgan fingerprint density at radius 2 is 1.79 bits per heavy atom. The quantitative estimate of drug-likeness (QED) is 0.639. The highest BCUT2D eigenvalue weighted by Gasteiger charge is 2.20. The van der Waals surface area contributed by atoms with Gasteiger partial charge in [-0.15, -0.1) is 0 Å². The van der Waals surface area contributed by atoms with Crippen LogP contribution in [0.4, 0.5) is 25.0 Å². The van der Waals surface area contributed by atoms with Gasteiger partial charge in [0.05, 0.1) is 4.92 Å². The molecule has 1 heterocycles. The standard InChI is InChI=1S/C19H20F2N4O3/c20-17-7-2-14(12-18(17)21)13-23-8-1-9-24(11-10-23)19(26)22-15-3-5-16(6-4-15)25(27)28/h2-7,12H,1,8-11,13H2,(H,22,26). The Hall–Kier alpha value is -3.07. The van der Waals surface area contributed by atoms with Crippen LogP contribution in [0, 0.1) is 21.7 Å². The number of nitrogens with one attached hydrogen (secondary N) is 1. The number of halogens is 2. The second-order valence-corrected chi connectivity index (χ2v) is 6.60. The summed E-state index contributed by atoms with van der Waals surface area (Å²) >= 11 is 0. The summed E-state index contributed by atoms with van der Waals surface area (Å²) in [6.07, 6.45) is 0.747. The number of benzene rings is 2. The molecule has 3 rings (SSSR count). The fraction of sp³-hybridized carbons (Fsp3) is 0.316. The van der Waals surface area contributed by atoms with Gasteiger partial charge in [-0.25, -0.2) is 13.6 Å². The number of anilines is 1. The van der Waals surface area contributed by atoms with Gasteiger partial charge >= 0.3 is 6.03 Å². The predicted octanol–water partition coefficient (Wildman–Crippen LogP) is 3.61. The number of amides is 2. The van der Waals surface area contributed by atoms with E-state index in [2.05, 4.69) is 10.2 Å². The predicted molar refractivity (Wildman–Crippen MR) is 99.9 cm³/mol. The summed E-state index contributed by atoms with van der Waals surface area (Å²) < 4.78 is 26.4. The second kappa shape index (κ2) is 8.75. The van der Waals surface area contributed by atoms with E-state index in [1.165, 1.54) is 30.3 Å². The Morgan fingerprint density at radius 1 is 1.04 bits per heavy atom. The van der Waals surface area contributed by atoms with Gasteiger partial charge in [0.15, 0.2) is 11.6 Å². The molecule has 0 atom stereocenters. The van der Waals surface area contributed by atoms with Crippen LogP contribution >= 0.6 is 0 Å². The first kappa shape index (κ1) is 19.7. The minimum atomic E-state index is -0.867. The lowest BCUT2D eigenvalue weighted by Crippen LogP contribution is -2.38. The summed E-state index contributed by atoms with van der Waals surface area (Å²) in [6, 6.07) is 9.24.